The van der Waals surface area contributed by atoms with E-state index in [2.05, 4.69) is 15.3 Å². The van der Waals surface area contributed by atoms with E-state index in [1.165, 1.54) is 6.07 Å². The van der Waals surface area contributed by atoms with E-state index in [4.69, 9.17) is 0 Å². The first-order chi connectivity index (χ1) is 9.41. The molecule has 0 saturated carbocycles. The van der Waals surface area contributed by atoms with Gasteiger partial charge in [-0.05, 0) is 37.7 Å². The fourth-order valence-electron chi connectivity index (χ4n) is 2.02. The lowest BCUT2D eigenvalue weighted by molar-refractivity contribution is -0.137. The molecular formula is C14H14F3N3. The number of hydrogen-bond acceptors (Lipinski definition) is 3. The second-order valence-corrected chi connectivity index (χ2v) is 4.37. The van der Waals surface area contributed by atoms with Crippen molar-refractivity contribution in [1.82, 2.24) is 15.3 Å². The zero-order valence-electron chi connectivity index (χ0n) is 11.1. The van der Waals surface area contributed by atoms with Crippen molar-refractivity contribution in [3.05, 3.63) is 59.2 Å². The molecule has 2 rings (SSSR count). The maximum atomic E-state index is 12.8. The molecule has 0 bridgehead atoms. The molecule has 1 unspecified atom stereocenters. The van der Waals surface area contributed by atoms with Crippen molar-refractivity contribution < 1.29 is 13.2 Å². The summed E-state index contributed by atoms with van der Waals surface area (Å²) in [5.74, 6) is 0.578. The van der Waals surface area contributed by atoms with Crippen molar-refractivity contribution in [2.75, 3.05) is 7.05 Å². The van der Waals surface area contributed by atoms with Crippen LogP contribution in [0.4, 0.5) is 13.2 Å². The number of rotatable bonds is 3. The molecule has 0 fully saturated rings. The van der Waals surface area contributed by atoms with Gasteiger partial charge in [-0.2, -0.15) is 13.2 Å². The standard InChI is InChI=1S/C14H14F3N3/c1-9-19-7-6-12(20-9)13(18-2)10-4-3-5-11(8-10)14(15,16)17/h3-8,13,18H,1-2H3. The second kappa shape index (κ2) is 5.58. The van der Waals surface area contributed by atoms with Gasteiger partial charge >= 0.3 is 6.18 Å². The Hall–Kier alpha value is -1.95. The maximum absolute atomic E-state index is 12.8. The first-order valence-corrected chi connectivity index (χ1v) is 6.06. The monoisotopic (exact) mass is 281 g/mol. The third-order valence-electron chi connectivity index (χ3n) is 2.93. The van der Waals surface area contributed by atoms with Gasteiger partial charge in [0.25, 0.3) is 0 Å². The molecule has 3 nitrogen and oxygen atoms in total. The summed E-state index contributed by atoms with van der Waals surface area (Å²) in [5.41, 5.74) is 0.487. The van der Waals surface area contributed by atoms with Crippen LogP contribution in [-0.4, -0.2) is 17.0 Å². The van der Waals surface area contributed by atoms with Crippen LogP contribution in [0.15, 0.2) is 36.5 Å². The van der Waals surface area contributed by atoms with Crippen molar-refractivity contribution in [3.8, 4) is 0 Å². The lowest BCUT2D eigenvalue weighted by Crippen LogP contribution is -2.20. The quantitative estimate of drug-likeness (QED) is 0.939. The first-order valence-electron chi connectivity index (χ1n) is 6.06. The Labute approximate surface area is 114 Å². The highest BCUT2D eigenvalue weighted by molar-refractivity contribution is 5.32. The third-order valence-corrected chi connectivity index (χ3v) is 2.93. The summed E-state index contributed by atoms with van der Waals surface area (Å²) in [6.45, 7) is 1.74. The lowest BCUT2D eigenvalue weighted by atomic mass is 10.0. The molecule has 1 aromatic carbocycles. The predicted octanol–water partition coefficient (Wildman–Crippen LogP) is 3.11. The van der Waals surface area contributed by atoms with Crippen LogP contribution in [0, 0.1) is 6.92 Å². The van der Waals surface area contributed by atoms with Gasteiger partial charge in [-0.3, -0.25) is 0 Å². The molecule has 0 aliphatic rings. The topological polar surface area (TPSA) is 37.8 Å². The molecular weight excluding hydrogens is 267 g/mol. The van der Waals surface area contributed by atoms with Gasteiger partial charge in [0, 0.05) is 6.20 Å². The minimum atomic E-state index is -4.35. The number of nitrogens with zero attached hydrogens (tertiary/aromatic N) is 2. The van der Waals surface area contributed by atoms with Gasteiger partial charge in [0.2, 0.25) is 0 Å². The van der Waals surface area contributed by atoms with Crippen LogP contribution >= 0.6 is 0 Å². The molecule has 1 atom stereocenters. The van der Waals surface area contributed by atoms with Crippen LogP contribution in [0.25, 0.3) is 0 Å². The predicted molar refractivity (Wildman–Crippen MR) is 69.1 cm³/mol. The molecule has 0 aliphatic carbocycles. The molecule has 6 heteroatoms. The Balaban J connectivity index is 2.42. The van der Waals surface area contributed by atoms with Gasteiger partial charge in [0.1, 0.15) is 5.82 Å². The summed E-state index contributed by atoms with van der Waals surface area (Å²) in [5, 5.41) is 2.98. The summed E-state index contributed by atoms with van der Waals surface area (Å²) in [4.78, 5) is 8.25. The number of aryl methyl sites for hydroxylation is 1. The summed E-state index contributed by atoms with van der Waals surface area (Å²) in [6, 6.07) is 6.53. The molecule has 20 heavy (non-hydrogen) atoms. The number of benzene rings is 1. The van der Waals surface area contributed by atoms with Crippen molar-refractivity contribution in [2.24, 2.45) is 0 Å². The second-order valence-electron chi connectivity index (χ2n) is 4.37. The van der Waals surface area contributed by atoms with E-state index < -0.39 is 17.8 Å². The number of nitrogens with one attached hydrogen (secondary N) is 1. The normalized spacial score (nSPS) is 13.2. The highest BCUT2D eigenvalue weighted by Crippen LogP contribution is 2.31. The minimum absolute atomic E-state index is 0.404. The molecule has 1 N–H and O–H groups in total. The average molecular weight is 281 g/mol. The van der Waals surface area contributed by atoms with E-state index >= 15 is 0 Å². The zero-order chi connectivity index (χ0) is 14.8. The Bertz CT molecular complexity index is 596. The SMILES string of the molecule is CNC(c1cccc(C(F)(F)F)c1)c1ccnc(C)n1. The van der Waals surface area contributed by atoms with Gasteiger partial charge < -0.3 is 5.32 Å². The van der Waals surface area contributed by atoms with Gasteiger partial charge in [0.05, 0.1) is 17.3 Å². The molecule has 0 saturated heterocycles. The average Bonchev–Trinajstić information content (AvgIpc) is 2.39. The van der Waals surface area contributed by atoms with E-state index in [0.717, 1.165) is 12.1 Å². The van der Waals surface area contributed by atoms with Crippen molar-refractivity contribution in [1.29, 1.82) is 0 Å². The number of halogens is 3. The Kier molecular flexibility index (Phi) is 4.04. The van der Waals surface area contributed by atoms with Gasteiger partial charge in [-0.15, -0.1) is 0 Å². The van der Waals surface area contributed by atoms with E-state index in [1.807, 2.05) is 0 Å². The molecule has 1 aromatic heterocycles. The molecule has 2 aromatic rings. The maximum Gasteiger partial charge on any atom is 0.416 e. The number of aromatic nitrogens is 2. The van der Waals surface area contributed by atoms with Gasteiger partial charge in [-0.1, -0.05) is 12.1 Å². The van der Waals surface area contributed by atoms with Crippen LogP contribution in [-0.2, 0) is 6.18 Å². The molecule has 0 spiro atoms. The highest BCUT2D eigenvalue weighted by Gasteiger charge is 2.31. The zero-order valence-corrected chi connectivity index (χ0v) is 11.1. The summed E-state index contributed by atoms with van der Waals surface area (Å²) in [6.07, 6.45) is -2.76. The summed E-state index contributed by atoms with van der Waals surface area (Å²) < 4.78 is 38.3. The largest absolute Gasteiger partial charge is 0.416 e. The van der Waals surface area contributed by atoms with Gasteiger partial charge in [0.15, 0.2) is 0 Å². The van der Waals surface area contributed by atoms with Gasteiger partial charge in [-0.25, -0.2) is 9.97 Å². The van der Waals surface area contributed by atoms with E-state index in [0.29, 0.717) is 17.1 Å². The van der Waals surface area contributed by atoms with E-state index in [9.17, 15) is 13.2 Å². The van der Waals surface area contributed by atoms with Crippen molar-refractivity contribution in [2.45, 2.75) is 19.1 Å². The van der Waals surface area contributed by atoms with Crippen LogP contribution in [0.2, 0.25) is 0 Å². The lowest BCUT2D eigenvalue weighted by Gasteiger charge is -2.18. The first kappa shape index (κ1) is 14.5. The van der Waals surface area contributed by atoms with Crippen molar-refractivity contribution in [3.63, 3.8) is 0 Å². The van der Waals surface area contributed by atoms with Crippen molar-refractivity contribution >= 4 is 0 Å². The third kappa shape index (κ3) is 3.14. The van der Waals surface area contributed by atoms with Crippen LogP contribution in [0.3, 0.4) is 0 Å². The summed E-state index contributed by atoms with van der Waals surface area (Å²) >= 11 is 0. The minimum Gasteiger partial charge on any atom is -0.308 e. The Morgan fingerprint density at radius 2 is 1.95 bits per heavy atom. The molecule has 1 heterocycles. The van der Waals surface area contributed by atoms with Crippen LogP contribution < -0.4 is 5.32 Å². The molecule has 0 amide bonds. The summed E-state index contributed by atoms with van der Waals surface area (Å²) in [7, 11) is 1.68. The van der Waals surface area contributed by atoms with Crippen LogP contribution in [0.5, 0.6) is 0 Å². The number of alkyl halides is 3. The fraction of sp³-hybridized carbons (Fsp3) is 0.286. The fourth-order valence-corrected chi connectivity index (χ4v) is 2.02. The Morgan fingerprint density at radius 1 is 1.20 bits per heavy atom. The van der Waals surface area contributed by atoms with Crippen LogP contribution in [0.1, 0.15) is 28.7 Å². The highest BCUT2D eigenvalue weighted by atomic mass is 19.4. The molecule has 106 valence electrons. The van der Waals surface area contributed by atoms with E-state index in [1.54, 1.807) is 32.3 Å². The number of hydrogen-bond donors (Lipinski definition) is 1. The smallest absolute Gasteiger partial charge is 0.308 e. The Morgan fingerprint density at radius 3 is 2.55 bits per heavy atom. The molecule has 0 aliphatic heterocycles. The molecule has 0 radical (unpaired) electrons. The van der Waals surface area contributed by atoms with E-state index in [-0.39, 0.29) is 0 Å².